The van der Waals surface area contributed by atoms with E-state index in [1.54, 1.807) is 24.3 Å². The Kier molecular flexibility index (Phi) is 3.93. The highest BCUT2D eigenvalue weighted by atomic mass is 16.5. The summed E-state index contributed by atoms with van der Waals surface area (Å²) in [7, 11) is 0. The molecule has 2 aromatic carbocycles. The van der Waals surface area contributed by atoms with Crippen molar-refractivity contribution in [2.45, 2.75) is 6.10 Å². The third-order valence-electron chi connectivity index (χ3n) is 2.82. The average molecular weight is 254 g/mol. The molecule has 19 heavy (non-hydrogen) atoms. The van der Waals surface area contributed by atoms with Crippen LogP contribution in [0, 0.1) is 5.41 Å². The minimum atomic E-state index is -0.445. The average Bonchev–Trinajstić information content (AvgIpc) is 2.46. The number of hydrogen-bond donors (Lipinski definition) is 2. The lowest BCUT2D eigenvalue weighted by Gasteiger charge is -2.16. The number of carbonyl (C=O) groups is 1. The molecule has 0 fully saturated rings. The van der Waals surface area contributed by atoms with Crippen molar-refractivity contribution in [2.75, 3.05) is 0 Å². The third-order valence-corrected chi connectivity index (χ3v) is 2.82. The van der Waals surface area contributed by atoms with Gasteiger partial charge in [-0.3, -0.25) is 10.2 Å². The van der Waals surface area contributed by atoms with Gasteiger partial charge >= 0.3 is 0 Å². The van der Waals surface area contributed by atoms with Gasteiger partial charge in [0.15, 0.2) is 6.10 Å². The van der Waals surface area contributed by atoms with Gasteiger partial charge in [0, 0.05) is 5.56 Å². The van der Waals surface area contributed by atoms with Crippen LogP contribution in [-0.2, 0) is 9.53 Å². The summed E-state index contributed by atoms with van der Waals surface area (Å²) < 4.78 is 5.15. The Labute approximate surface area is 111 Å². The Hall–Kier alpha value is -2.62. The molecule has 1 unspecified atom stereocenters. The lowest BCUT2D eigenvalue weighted by Crippen LogP contribution is -2.11. The van der Waals surface area contributed by atoms with E-state index in [-0.39, 0.29) is 5.84 Å². The lowest BCUT2D eigenvalue weighted by atomic mass is 10.00. The number of nitrogens with one attached hydrogen (secondary N) is 1. The van der Waals surface area contributed by atoms with Gasteiger partial charge in [-0.15, -0.1) is 0 Å². The molecule has 2 rings (SSSR count). The first-order valence-electron chi connectivity index (χ1n) is 5.81. The molecule has 0 heterocycles. The SMILES string of the molecule is N=C(N)c1ccc(C(OC=O)c2ccccc2)cc1. The summed E-state index contributed by atoms with van der Waals surface area (Å²) in [5.74, 6) is 0.0131. The fraction of sp³-hybridized carbons (Fsp3) is 0.0667. The number of nitrogens with two attached hydrogens (primary N) is 1. The van der Waals surface area contributed by atoms with E-state index in [4.69, 9.17) is 15.9 Å². The van der Waals surface area contributed by atoms with Crippen molar-refractivity contribution in [3.63, 3.8) is 0 Å². The summed E-state index contributed by atoms with van der Waals surface area (Å²) in [4.78, 5) is 10.7. The molecule has 0 aliphatic carbocycles. The second-order valence-electron chi connectivity index (χ2n) is 4.06. The molecule has 4 heteroatoms. The van der Waals surface area contributed by atoms with Gasteiger partial charge in [0.2, 0.25) is 0 Å². The smallest absolute Gasteiger partial charge is 0.294 e. The van der Waals surface area contributed by atoms with Gasteiger partial charge in [-0.2, -0.15) is 0 Å². The first kappa shape index (κ1) is 12.8. The summed E-state index contributed by atoms with van der Waals surface area (Å²) in [5.41, 5.74) is 7.78. The quantitative estimate of drug-likeness (QED) is 0.488. The third kappa shape index (κ3) is 2.98. The van der Waals surface area contributed by atoms with Crippen molar-refractivity contribution < 1.29 is 9.53 Å². The topological polar surface area (TPSA) is 76.2 Å². The second kappa shape index (κ2) is 5.82. The Morgan fingerprint density at radius 2 is 1.63 bits per heavy atom. The molecule has 0 saturated heterocycles. The molecule has 0 spiro atoms. The van der Waals surface area contributed by atoms with Crippen molar-refractivity contribution in [3.8, 4) is 0 Å². The van der Waals surface area contributed by atoms with Crippen LogP contribution in [-0.4, -0.2) is 12.3 Å². The Balaban J connectivity index is 2.34. The molecule has 4 nitrogen and oxygen atoms in total. The first-order valence-corrected chi connectivity index (χ1v) is 5.81. The molecule has 0 amide bonds. The van der Waals surface area contributed by atoms with E-state index in [1.165, 1.54) is 0 Å². The van der Waals surface area contributed by atoms with Crippen LogP contribution in [0.25, 0.3) is 0 Å². The predicted octanol–water partition coefficient (Wildman–Crippen LogP) is 2.23. The molecular weight excluding hydrogens is 240 g/mol. The number of carbonyl (C=O) groups excluding carboxylic acids is 1. The molecule has 0 aliphatic rings. The van der Waals surface area contributed by atoms with E-state index in [0.29, 0.717) is 12.0 Å². The van der Waals surface area contributed by atoms with Gasteiger partial charge in [-0.1, -0.05) is 54.6 Å². The highest BCUT2D eigenvalue weighted by Crippen LogP contribution is 2.25. The summed E-state index contributed by atoms with van der Waals surface area (Å²) in [6.45, 7) is 0.441. The number of amidine groups is 1. The number of ether oxygens (including phenoxy) is 1. The number of benzene rings is 2. The van der Waals surface area contributed by atoms with Crippen LogP contribution in [0.1, 0.15) is 22.8 Å². The molecule has 0 radical (unpaired) electrons. The molecule has 0 aromatic heterocycles. The van der Waals surface area contributed by atoms with Crippen molar-refractivity contribution in [1.29, 1.82) is 5.41 Å². The molecule has 0 aliphatic heterocycles. The molecule has 0 bridgehead atoms. The second-order valence-corrected chi connectivity index (χ2v) is 4.06. The van der Waals surface area contributed by atoms with E-state index >= 15 is 0 Å². The molecule has 0 saturated carbocycles. The van der Waals surface area contributed by atoms with E-state index in [1.807, 2.05) is 30.3 Å². The fourth-order valence-corrected chi connectivity index (χ4v) is 1.87. The van der Waals surface area contributed by atoms with Gasteiger partial charge in [-0.05, 0) is 11.1 Å². The van der Waals surface area contributed by atoms with Gasteiger partial charge < -0.3 is 10.5 Å². The van der Waals surface area contributed by atoms with E-state index in [2.05, 4.69) is 0 Å². The van der Waals surface area contributed by atoms with Gasteiger partial charge in [0.05, 0.1) is 0 Å². The van der Waals surface area contributed by atoms with Crippen LogP contribution < -0.4 is 5.73 Å². The van der Waals surface area contributed by atoms with E-state index < -0.39 is 6.10 Å². The molecule has 2 aromatic rings. The van der Waals surface area contributed by atoms with Crippen LogP contribution >= 0.6 is 0 Å². The lowest BCUT2D eigenvalue weighted by molar-refractivity contribution is -0.132. The van der Waals surface area contributed by atoms with Crippen LogP contribution in [0.2, 0.25) is 0 Å². The van der Waals surface area contributed by atoms with Crippen LogP contribution in [0.3, 0.4) is 0 Å². The van der Waals surface area contributed by atoms with Gasteiger partial charge in [0.25, 0.3) is 6.47 Å². The normalized spacial score (nSPS) is 11.6. The van der Waals surface area contributed by atoms with Crippen LogP contribution in [0.4, 0.5) is 0 Å². The van der Waals surface area contributed by atoms with Crippen molar-refractivity contribution in [3.05, 3.63) is 71.3 Å². The predicted molar refractivity (Wildman–Crippen MR) is 72.9 cm³/mol. The highest BCUT2D eigenvalue weighted by Gasteiger charge is 2.14. The Morgan fingerprint density at radius 1 is 1.05 bits per heavy atom. The van der Waals surface area contributed by atoms with Gasteiger partial charge in [-0.25, -0.2) is 0 Å². The first-order chi connectivity index (χ1) is 9.22. The molecular formula is C15H14N2O2. The van der Waals surface area contributed by atoms with Crippen molar-refractivity contribution >= 4 is 12.3 Å². The highest BCUT2D eigenvalue weighted by molar-refractivity contribution is 5.94. The zero-order valence-corrected chi connectivity index (χ0v) is 10.2. The maximum atomic E-state index is 10.7. The molecule has 96 valence electrons. The number of rotatable bonds is 5. The number of nitrogen functional groups attached to an aromatic ring is 1. The number of hydrogen-bond acceptors (Lipinski definition) is 3. The summed E-state index contributed by atoms with van der Waals surface area (Å²) in [6, 6.07) is 16.6. The zero-order chi connectivity index (χ0) is 13.7. The van der Waals surface area contributed by atoms with E-state index in [9.17, 15) is 4.79 Å². The Bertz CT molecular complexity index is 564. The Morgan fingerprint density at radius 3 is 2.16 bits per heavy atom. The summed E-state index contributed by atoms with van der Waals surface area (Å²) in [6.07, 6.45) is -0.445. The summed E-state index contributed by atoms with van der Waals surface area (Å²) >= 11 is 0. The van der Waals surface area contributed by atoms with Crippen molar-refractivity contribution in [2.24, 2.45) is 5.73 Å². The van der Waals surface area contributed by atoms with E-state index in [0.717, 1.165) is 11.1 Å². The largest absolute Gasteiger partial charge is 0.455 e. The van der Waals surface area contributed by atoms with Crippen LogP contribution in [0.5, 0.6) is 0 Å². The van der Waals surface area contributed by atoms with Gasteiger partial charge in [0.1, 0.15) is 5.84 Å². The molecule has 1 atom stereocenters. The fourth-order valence-electron chi connectivity index (χ4n) is 1.87. The zero-order valence-electron chi connectivity index (χ0n) is 10.2. The summed E-state index contributed by atoms with van der Waals surface area (Å²) in [5, 5.41) is 7.35. The van der Waals surface area contributed by atoms with Crippen LogP contribution in [0.15, 0.2) is 54.6 Å². The maximum absolute atomic E-state index is 10.7. The minimum Gasteiger partial charge on any atom is -0.455 e. The monoisotopic (exact) mass is 254 g/mol. The molecule has 3 N–H and O–H groups in total. The maximum Gasteiger partial charge on any atom is 0.294 e. The minimum absolute atomic E-state index is 0.0131. The standard InChI is InChI=1S/C15H14N2O2/c16-15(17)13-8-6-12(7-9-13)14(19-10-18)11-4-2-1-3-5-11/h1-10,14H,(H3,16,17). The van der Waals surface area contributed by atoms with Crippen molar-refractivity contribution in [1.82, 2.24) is 0 Å².